The zero-order valence-electron chi connectivity index (χ0n) is 49.0. The third-order valence-corrected chi connectivity index (χ3v) is 17.0. The number of amides is 1. The largest absolute Gasteiger partial charge is 0.460 e. The number of rotatable bonds is 13. The fraction of sp³-hybridized carbons (Fsp3) is 0.787. The number of aliphatic hydroxyl groups excluding tert-OH is 2. The topological polar surface area (TPSA) is 217 Å². The SMILES string of the molecule is CO[C@@H]1C[C@H](C[C@@H](C)[C@@H]2CC(=O)[C@H](C)/C=C(\C)[C@@H](O)[C@@H](OC)C(=O)[C@H](C)C[C@H](C)/C=C/C=C/C=C(\C)C(OCCO)C[C@@H]3CC[C@@H](C)[C@@](O)(O3)C(=O)C(=O)N3CCCC[C@H]3C(=O)O2)CC[C@H]1OCCCN1C[C@@H](C)O[C@@H](C)C1. The molecule has 5 aliphatic rings. The Morgan fingerprint density at radius 2 is 1.55 bits per heavy atom. The van der Waals surface area contributed by atoms with Gasteiger partial charge in [-0.25, -0.2) is 4.79 Å². The van der Waals surface area contributed by atoms with E-state index in [0.717, 1.165) is 44.5 Å². The first-order valence-electron chi connectivity index (χ1n) is 29.3. The standard InChI is InChI=1S/C61H98N2O15/c1-38-18-13-12-14-19-39(2)52(75-29-27-64)34-48-23-21-44(7)61(71,78-48)58(68)59(69)63-26-16-15-20-49(63)60(70)77-53(35-50(65)40(3)31-43(6)56(67)57(73-11)55(66)42(5)30-38)41(4)32-47-22-24-51(54(33-47)72-10)74-28-17-25-62-36-45(8)76-46(9)37-62/h12-14,18-19,31,38,40-42,44-49,51-54,56-57,64,67,71H,15-17,20-30,32-37H2,1-11H3/b14-12+,18-13+,39-19+,43-31+/t38-,40-,41-,42-,44-,45-,46+,47+,48+,49+,51-,52?,53+,54-,56-,57+,61-/m1/s1. The van der Waals surface area contributed by atoms with Crippen LogP contribution in [0.2, 0.25) is 0 Å². The fourth-order valence-corrected chi connectivity index (χ4v) is 12.4. The van der Waals surface area contributed by atoms with Gasteiger partial charge in [-0.05, 0) is 127 Å². The highest BCUT2D eigenvalue weighted by molar-refractivity contribution is 6.39. The molecule has 1 unspecified atom stereocenters. The molecule has 17 nitrogen and oxygen atoms in total. The number of aliphatic hydroxyl groups is 3. The van der Waals surface area contributed by atoms with Crippen LogP contribution in [-0.4, -0.2) is 181 Å². The molecule has 0 aromatic rings. The lowest BCUT2D eigenvalue weighted by Gasteiger charge is -2.43. The molecule has 4 fully saturated rings. The lowest BCUT2D eigenvalue weighted by Crippen LogP contribution is -2.61. The van der Waals surface area contributed by atoms with Crippen LogP contribution in [0.5, 0.6) is 0 Å². The normalized spacial score (nSPS) is 39.0. The summed E-state index contributed by atoms with van der Waals surface area (Å²) in [5.41, 5.74) is 1.19. The van der Waals surface area contributed by atoms with Gasteiger partial charge in [0.2, 0.25) is 5.79 Å². The van der Waals surface area contributed by atoms with Gasteiger partial charge in [0.25, 0.3) is 11.7 Å². The number of nitrogens with zero attached hydrogens (tertiary/aromatic N) is 2. The second-order valence-electron chi connectivity index (χ2n) is 23.7. The summed E-state index contributed by atoms with van der Waals surface area (Å²) in [6.45, 7) is 20.1. The monoisotopic (exact) mass is 1100 g/mol. The van der Waals surface area contributed by atoms with Crippen LogP contribution < -0.4 is 0 Å². The third-order valence-electron chi connectivity index (χ3n) is 17.0. The fourth-order valence-electron chi connectivity index (χ4n) is 12.4. The Hall–Kier alpha value is -3.49. The number of allylic oxidation sites excluding steroid dienone is 6. The van der Waals surface area contributed by atoms with Crippen molar-refractivity contribution in [3.8, 4) is 0 Å². The van der Waals surface area contributed by atoms with E-state index in [1.54, 1.807) is 34.0 Å². The van der Waals surface area contributed by atoms with Crippen molar-refractivity contribution < 1.29 is 72.5 Å². The summed E-state index contributed by atoms with van der Waals surface area (Å²) in [6, 6.07) is -1.16. The van der Waals surface area contributed by atoms with Crippen molar-refractivity contribution in [3.05, 3.63) is 47.6 Å². The molecule has 1 aliphatic carbocycles. The molecule has 17 heteroatoms. The smallest absolute Gasteiger partial charge is 0.329 e. The molecule has 1 saturated carbocycles. The van der Waals surface area contributed by atoms with Gasteiger partial charge in [0.1, 0.15) is 30.1 Å². The summed E-state index contributed by atoms with van der Waals surface area (Å²) in [4.78, 5) is 75.4. The highest BCUT2D eigenvalue weighted by Crippen LogP contribution is 2.38. The van der Waals surface area contributed by atoms with E-state index >= 15 is 0 Å². The van der Waals surface area contributed by atoms with Gasteiger partial charge in [-0.15, -0.1) is 0 Å². The van der Waals surface area contributed by atoms with Crippen molar-refractivity contribution in [3.63, 3.8) is 0 Å². The number of carbonyl (C=O) groups excluding carboxylic acids is 5. The van der Waals surface area contributed by atoms with Gasteiger partial charge in [-0.2, -0.15) is 0 Å². The van der Waals surface area contributed by atoms with Crippen LogP contribution in [0.4, 0.5) is 0 Å². The number of ether oxygens (including phenoxy) is 7. The second kappa shape index (κ2) is 31.6. The average Bonchev–Trinajstić information content (AvgIpc) is 3.45. The van der Waals surface area contributed by atoms with Crippen molar-refractivity contribution in [2.24, 2.45) is 35.5 Å². The number of cyclic esters (lactones) is 1. The number of piperidine rings is 1. The molecular weight excluding hydrogens is 1000 g/mol. The molecule has 0 aromatic heterocycles. The second-order valence-corrected chi connectivity index (χ2v) is 23.7. The number of ketones is 3. The average molecular weight is 1100 g/mol. The lowest BCUT2D eigenvalue weighted by molar-refractivity contribution is -0.266. The minimum atomic E-state index is -2.48. The van der Waals surface area contributed by atoms with Gasteiger partial charge >= 0.3 is 5.97 Å². The predicted octanol–water partition coefficient (Wildman–Crippen LogP) is 7.07. The van der Waals surface area contributed by atoms with Crippen molar-refractivity contribution in [2.75, 3.05) is 60.2 Å². The van der Waals surface area contributed by atoms with Crippen LogP contribution in [0.1, 0.15) is 146 Å². The number of esters is 1. The molecular formula is C61H98N2O15. The van der Waals surface area contributed by atoms with E-state index in [1.165, 1.54) is 12.0 Å². The van der Waals surface area contributed by atoms with Gasteiger partial charge in [-0.3, -0.25) is 24.1 Å². The number of fused-ring (bicyclic) bond motifs is 3. The molecule has 3 saturated heterocycles. The molecule has 0 radical (unpaired) electrons. The number of hydrogen-bond acceptors (Lipinski definition) is 16. The summed E-state index contributed by atoms with van der Waals surface area (Å²) in [5, 5.41) is 33.4. The maximum Gasteiger partial charge on any atom is 0.329 e. The first-order chi connectivity index (χ1) is 37.1. The zero-order chi connectivity index (χ0) is 57.3. The number of morpholine rings is 1. The summed E-state index contributed by atoms with van der Waals surface area (Å²) in [7, 11) is 3.09. The first kappa shape index (κ1) is 65.3. The zero-order valence-corrected chi connectivity index (χ0v) is 49.0. The molecule has 0 aromatic carbocycles. The molecule has 442 valence electrons. The van der Waals surface area contributed by atoms with Crippen LogP contribution in [0.15, 0.2) is 47.6 Å². The van der Waals surface area contributed by atoms with Crippen LogP contribution in [0, 0.1) is 35.5 Å². The van der Waals surface area contributed by atoms with Crippen LogP contribution in [0.3, 0.4) is 0 Å². The third kappa shape index (κ3) is 18.5. The number of carbonyl (C=O) groups is 5. The molecule has 78 heavy (non-hydrogen) atoms. The van der Waals surface area contributed by atoms with Crippen LogP contribution in [0.25, 0.3) is 0 Å². The van der Waals surface area contributed by atoms with E-state index in [2.05, 4.69) is 18.7 Å². The van der Waals surface area contributed by atoms with E-state index in [1.807, 2.05) is 58.1 Å². The van der Waals surface area contributed by atoms with Crippen LogP contribution >= 0.6 is 0 Å². The van der Waals surface area contributed by atoms with Gasteiger partial charge in [0, 0.05) is 77.6 Å². The van der Waals surface area contributed by atoms with E-state index in [0.29, 0.717) is 57.1 Å². The Balaban J connectivity index is 1.41. The maximum absolute atomic E-state index is 14.7. The summed E-state index contributed by atoms with van der Waals surface area (Å²) in [6.07, 6.45) is 13.1. The number of Topliss-reactive ketones (excluding diaryl/α,β-unsaturated/α-hetero) is 3. The Morgan fingerprint density at radius 3 is 2.24 bits per heavy atom. The van der Waals surface area contributed by atoms with Gasteiger partial charge < -0.3 is 53.4 Å². The first-order valence-corrected chi connectivity index (χ1v) is 29.3. The molecule has 4 heterocycles. The minimum absolute atomic E-state index is 0.0107. The predicted molar refractivity (Wildman–Crippen MR) is 296 cm³/mol. The maximum atomic E-state index is 14.7. The van der Waals surface area contributed by atoms with Crippen LogP contribution in [-0.2, 0) is 57.1 Å². The molecule has 2 bridgehead atoms. The summed E-state index contributed by atoms with van der Waals surface area (Å²) >= 11 is 0. The van der Waals surface area contributed by atoms with E-state index in [-0.39, 0.29) is 92.8 Å². The quantitative estimate of drug-likeness (QED) is 0.0728. The Morgan fingerprint density at radius 1 is 0.821 bits per heavy atom. The van der Waals surface area contributed by atoms with Crippen molar-refractivity contribution in [2.45, 2.75) is 213 Å². The highest BCUT2D eigenvalue weighted by atomic mass is 16.6. The lowest BCUT2D eigenvalue weighted by atomic mass is 9.78. The van der Waals surface area contributed by atoms with Gasteiger partial charge in [-0.1, -0.05) is 71.1 Å². The van der Waals surface area contributed by atoms with Crippen molar-refractivity contribution in [1.82, 2.24) is 9.80 Å². The molecule has 5 rings (SSSR count). The number of hydrogen-bond donors (Lipinski definition) is 3. The van der Waals surface area contributed by atoms with E-state index in [4.69, 9.17) is 33.2 Å². The number of methoxy groups -OCH3 is 2. The van der Waals surface area contributed by atoms with Gasteiger partial charge in [0.15, 0.2) is 5.78 Å². The van der Waals surface area contributed by atoms with Gasteiger partial charge in [0.05, 0.1) is 49.8 Å². The Labute approximate surface area is 465 Å². The Bertz CT molecular complexity index is 2070. The van der Waals surface area contributed by atoms with E-state index in [9.17, 15) is 39.3 Å². The minimum Gasteiger partial charge on any atom is -0.460 e. The Kier molecular flexibility index (Phi) is 26.5. The molecule has 1 amide bonds. The summed E-state index contributed by atoms with van der Waals surface area (Å²) < 4.78 is 42.7. The molecule has 0 spiro atoms. The van der Waals surface area contributed by atoms with E-state index < -0.39 is 77.8 Å². The van der Waals surface area contributed by atoms with Crippen molar-refractivity contribution in [1.29, 1.82) is 0 Å². The molecule has 3 N–H and O–H groups in total. The molecule has 17 atom stereocenters. The molecule has 4 aliphatic heterocycles. The summed E-state index contributed by atoms with van der Waals surface area (Å²) in [5.74, 6) is -8.10. The highest BCUT2D eigenvalue weighted by Gasteiger charge is 2.53. The van der Waals surface area contributed by atoms with Crippen molar-refractivity contribution >= 4 is 29.2 Å².